The van der Waals surface area contributed by atoms with Crippen LogP contribution in [0.3, 0.4) is 0 Å². The molecule has 1 fully saturated rings. The van der Waals surface area contributed by atoms with Crippen molar-refractivity contribution in [1.82, 2.24) is 19.1 Å². The zero-order valence-electron chi connectivity index (χ0n) is 35.8. The molecule has 64 heavy (non-hydrogen) atoms. The molecule has 0 radical (unpaired) electrons. The maximum Gasteiger partial charge on any atom is 0.494 e. The molecule has 5 heterocycles. The average Bonchev–Trinajstić information content (AvgIpc) is 3.93. The monoisotopic (exact) mass is 896 g/mol. The van der Waals surface area contributed by atoms with Gasteiger partial charge in [0.2, 0.25) is 0 Å². The van der Waals surface area contributed by atoms with Crippen LogP contribution in [0.5, 0.6) is 0 Å². The van der Waals surface area contributed by atoms with Crippen LogP contribution in [0.2, 0.25) is 0 Å². The van der Waals surface area contributed by atoms with Gasteiger partial charge in [-0.05, 0) is 127 Å². The summed E-state index contributed by atoms with van der Waals surface area (Å²) in [6.07, 6.45) is 3.35. The van der Waals surface area contributed by atoms with Crippen LogP contribution in [0.1, 0.15) is 39.1 Å². The number of pyridine rings is 2. The molecule has 10 heteroatoms. The van der Waals surface area contributed by atoms with Crippen molar-refractivity contribution < 1.29 is 9.31 Å². The molecule has 6 aromatic carbocycles. The molecular weight excluding hydrogens is 855 g/mol. The van der Waals surface area contributed by atoms with Crippen LogP contribution in [0.15, 0.2) is 187 Å². The van der Waals surface area contributed by atoms with Crippen molar-refractivity contribution in [3.05, 3.63) is 198 Å². The molecule has 0 aliphatic carbocycles. The Morgan fingerprint density at radius 3 is 1.36 bits per heavy atom. The number of aromatic nitrogens is 4. The van der Waals surface area contributed by atoms with Gasteiger partial charge in [-0.3, -0.25) is 0 Å². The molecule has 0 saturated carbocycles. The van der Waals surface area contributed by atoms with Gasteiger partial charge >= 0.3 is 7.12 Å². The molecule has 4 aromatic heterocycles. The van der Waals surface area contributed by atoms with Crippen LogP contribution in [0.25, 0.3) is 66.1 Å². The van der Waals surface area contributed by atoms with Crippen LogP contribution in [-0.2, 0) is 9.31 Å². The van der Waals surface area contributed by atoms with Crippen LogP contribution >= 0.6 is 15.9 Å². The van der Waals surface area contributed by atoms with E-state index in [-0.39, 0.29) is 18.3 Å². The van der Waals surface area contributed by atoms with Gasteiger partial charge in [-0.2, -0.15) is 10.5 Å². The van der Waals surface area contributed by atoms with Crippen LogP contribution in [0.4, 0.5) is 0 Å². The summed E-state index contributed by atoms with van der Waals surface area (Å²) in [5, 5.41) is 22.3. The number of nitrogens with zero attached hydrogens (tertiary/aromatic N) is 6. The van der Waals surface area contributed by atoms with E-state index in [0.29, 0.717) is 11.4 Å². The first-order chi connectivity index (χ1) is 31.0. The highest BCUT2D eigenvalue weighted by Gasteiger charge is 2.51. The number of hydrogen-bond donors (Lipinski definition) is 0. The average molecular weight is 898 g/mol. The molecule has 8 nitrogen and oxygen atoms in total. The molecule has 10 aromatic rings. The van der Waals surface area contributed by atoms with Gasteiger partial charge in [-0.15, -0.1) is 0 Å². The normalized spacial score (nSPS) is 13.8. The number of halogens is 1. The topological polar surface area (TPSA) is 102 Å². The van der Waals surface area contributed by atoms with Gasteiger partial charge in [0, 0.05) is 55.3 Å². The van der Waals surface area contributed by atoms with Gasteiger partial charge in [0.15, 0.2) is 0 Å². The second-order valence-corrected chi connectivity index (χ2v) is 17.4. The summed E-state index contributed by atoms with van der Waals surface area (Å²) in [5.41, 5.74) is 10.3. The molecule has 310 valence electrons. The zero-order chi connectivity index (χ0) is 44.4. The lowest BCUT2D eigenvalue weighted by Crippen LogP contribution is -2.41. The van der Waals surface area contributed by atoms with E-state index in [2.05, 4.69) is 214 Å². The summed E-state index contributed by atoms with van der Waals surface area (Å²) in [6.45, 7) is 8.35. The highest BCUT2D eigenvalue weighted by Crippen LogP contribution is 2.38. The third-order valence-corrected chi connectivity index (χ3v) is 12.4. The number of hydrogen-bond acceptors (Lipinski definition) is 6. The number of fused-ring (bicyclic) bond motifs is 6. The quantitative estimate of drug-likeness (QED) is 0.163. The molecule has 1 aliphatic heterocycles. The first kappa shape index (κ1) is 42.0. The van der Waals surface area contributed by atoms with E-state index >= 15 is 0 Å². The Morgan fingerprint density at radius 2 is 0.922 bits per heavy atom. The van der Waals surface area contributed by atoms with E-state index in [1.165, 1.54) is 43.6 Å². The Hall–Kier alpha value is -7.34. The maximum atomic E-state index is 8.95. The summed E-state index contributed by atoms with van der Waals surface area (Å²) >= 11 is 3.20. The Labute approximate surface area is 380 Å². The molecular formula is C54H42BBrN6O2. The van der Waals surface area contributed by atoms with Crippen molar-refractivity contribution in [2.45, 2.75) is 38.9 Å². The molecule has 11 rings (SSSR count). The standard InChI is InChI=1S/C24H24BNO2.C24H15N3.C6H3BrN2/c1-23(2)24(3,4)28-25(27-23)17-10-9-11-18(16-17)26-21-14-7-5-12-19(21)20-13-6-8-15-22(20)26;25-15-19-13-12-18(16-26-19)17-6-5-7-20(14-17)27-23-10-3-1-8-21(23)22-9-2-4-11-24(22)27;7-5-1-2-6(3-8)9-4-5/h5-16H,1-4H3;1-14,16H;1-2,4H. The van der Waals surface area contributed by atoms with E-state index in [1.54, 1.807) is 30.6 Å². The van der Waals surface area contributed by atoms with E-state index in [0.717, 1.165) is 32.4 Å². The van der Waals surface area contributed by atoms with Gasteiger partial charge < -0.3 is 18.4 Å². The molecule has 1 saturated heterocycles. The number of rotatable bonds is 4. The van der Waals surface area contributed by atoms with Crippen molar-refractivity contribution in [1.29, 1.82) is 10.5 Å². The minimum atomic E-state index is -0.363. The fraction of sp³-hybridized carbons (Fsp3) is 0.111. The van der Waals surface area contributed by atoms with Gasteiger partial charge in [0.05, 0.1) is 33.3 Å². The van der Waals surface area contributed by atoms with Gasteiger partial charge in [0.25, 0.3) is 0 Å². The number of nitriles is 2. The summed E-state index contributed by atoms with van der Waals surface area (Å²) in [6, 6.07) is 62.1. The van der Waals surface area contributed by atoms with Crippen molar-refractivity contribution in [3.63, 3.8) is 0 Å². The first-order valence-electron chi connectivity index (χ1n) is 21.0. The van der Waals surface area contributed by atoms with Crippen molar-refractivity contribution in [2.24, 2.45) is 0 Å². The van der Waals surface area contributed by atoms with Crippen molar-refractivity contribution >= 4 is 72.1 Å². The third-order valence-electron chi connectivity index (χ3n) is 12.0. The lowest BCUT2D eigenvalue weighted by Gasteiger charge is -2.32. The van der Waals surface area contributed by atoms with Crippen LogP contribution in [0, 0.1) is 22.7 Å². The minimum Gasteiger partial charge on any atom is -0.399 e. The Kier molecular flexibility index (Phi) is 11.4. The lowest BCUT2D eigenvalue weighted by atomic mass is 9.79. The lowest BCUT2D eigenvalue weighted by molar-refractivity contribution is 0.00578. The Balaban J connectivity index is 0.000000136. The summed E-state index contributed by atoms with van der Waals surface area (Å²) in [7, 11) is -0.363. The SMILES string of the molecule is CC1(C)OB(c2cccc(-n3c4ccccc4c4ccccc43)c2)OC1(C)C.N#Cc1ccc(-c2cccc(-n3c4ccccc4c4ccccc43)c2)cn1.N#Cc1ccc(Br)cn1. The van der Waals surface area contributed by atoms with Crippen molar-refractivity contribution in [3.8, 4) is 34.6 Å². The smallest absolute Gasteiger partial charge is 0.399 e. The minimum absolute atomic E-state index is 0.347. The number of para-hydroxylation sites is 4. The predicted octanol–water partition coefficient (Wildman–Crippen LogP) is 12.5. The maximum absolute atomic E-state index is 8.95. The van der Waals surface area contributed by atoms with Crippen LogP contribution < -0.4 is 5.46 Å². The Bertz CT molecular complexity index is 3280. The predicted molar refractivity (Wildman–Crippen MR) is 262 cm³/mol. The molecule has 0 spiro atoms. The second-order valence-electron chi connectivity index (χ2n) is 16.5. The third kappa shape index (κ3) is 8.07. The van der Waals surface area contributed by atoms with E-state index < -0.39 is 0 Å². The van der Waals surface area contributed by atoms with E-state index in [1.807, 2.05) is 12.1 Å². The Morgan fingerprint density at radius 1 is 0.484 bits per heavy atom. The molecule has 0 N–H and O–H groups in total. The fourth-order valence-electron chi connectivity index (χ4n) is 8.09. The number of benzene rings is 6. The highest BCUT2D eigenvalue weighted by atomic mass is 79.9. The van der Waals surface area contributed by atoms with Crippen LogP contribution in [-0.4, -0.2) is 37.4 Å². The second kappa shape index (κ2) is 17.4. The summed E-state index contributed by atoms with van der Waals surface area (Å²) < 4.78 is 18.0. The van der Waals surface area contributed by atoms with Crippen molar-refractivity contribution in [2.75, 3.05) is 0 Å². The molecule has 0 atom stereocenters. The first-order valence-corrected chi connectivity index (χ1v) is 21.8. The van der Waals surface area contributed by atoms with Gasteiger partial charge in [0.1, 0.15) is 23.5 Å². The highest BCUT2D eigenvalue weighted by molar-refractivity contribution is 9.10. The molecule has 0 amide bonds. The molecule has 1 aliphatic rings. The summed E-state index contributed by atoms with van der Waals surface area (Å²) in [5.74, 6) is 0. The van der Waals surface area contributed by atoms with E-state index in [9.17, 15) is 0 Å². The van der Waals surface area contributed by atoms with Gasteiger partial charge in [-0.25, -0.2) is 9.97 Å². The fourth-order valence-corrected chi connectivity index (χ4v) is 8.32. The molecule has 0 unspecified atom stereocenters. The largest absolute Gasteiger partial charge is 0.494 e. The molecule has 0 bridgehead atoms. The van der Waals surface area contributed by atoms with E-state index in [4.69, 9.17) is 19.8 Å². The van der Waals surface area contributed by atoms with Gasteiger partial charge in [-0.1, -0.05) is 97.1 Å². The summed E-state index contributed by atoms with van der Waals surface area (Å²) in [4.78, 5) is 7.99. The zero-order valence-corrected chi connectivity index (χ0v) is 37.4.